The summed E-state index contributed by atoms with van der Waals surface area (Å²) in [5.41, 5.74) is 0. The van der Waals surface area contributed by atoms with Crippen molar-refractivity contribution in [2.45, 2.75) is 6.92 Å². The van der Waals surface area contributed by atoms with Gasteiger partial charge in [0, 0.05) is 14.2 Å². The van der Waals surface area contributed by atoms with Gasteiger partial charge in [-0.1, -0.05) is 6.58 Å². The van der Waals surface area contributed by atoms with Gasteiger partial charge in [0.25, 0.3) is 0 Å². The fourth-order valence-electron chi connectivity index (χ4n) is 0.488. The van der Waals surface area contributed by atoms with E-state index in [2.05, 4.69) is 15.6 Å². The van der Waals surface area contributed by atoms with Crippen molar-refractivity contribution in [1.82, 2.24) is 0 Å². The minimum absolute atomic E-state index is 0.123. The molecule has 0 radical (unpaired) electrons. The Morgan fingerprint density at radius 2 is 1.73 bits per heavy atom. The molecule has 0 unspecified atom stereocenters. The summed E-state index contributed by atoms with van der Waals surface area (Å²) in [5.74, 6) is -0.392. The van der Waals surface area contributed by atoms with E-state index in [-0.39, 0.29) is 5.31 Å². The molecule has 0 N–H and O–H groups in total. The summed E-state index contributed by atoms with van der Waals surface area (Å²) in [4.78, 5) is 10.7. The van der Waals surface area contributed by atoms with E-state index in [0.717, 1.165) is 0 Å². The Balaban J connectivity index is 4.66. The highest BCUT2D eigenvalue weighted by molar-refractivity contribution is 7.59. The lowest BCUT2D eigenvalue weighted by atomic mass is 10.4. The maximum Gasteiger partial charge on any atom is 0.363 e. The maximum atomic E-state index is 11.3. The van der Waals surface area contributed by atoms with Gasteiger partial charge in [0.15, 0.2) is 5.78 Å². The topological polar surface area (TPSA) is 52.6 Å². The molecule has 0 bridgehead atoms. The lowest BCUT2D eigenvalue weighted by molar-refractivity contribution is -0.113. The summed E-state index contributed by atoms with van der Waals surface area (Å²) in [6.45, 7) is 4.56. The first kappa shape index (κ1) is 10.6. The van der Waals surface area contributed by atoms with Crippen LogP contribution in [0.4, 0.5) is 0 Å². The average Bonchev–Trinajstić information content (AvgIpc) is 2.01. The first-order valence-electron chi connectivity index (χ1n) is 2.90. The molecule has 0 saturated carbocycles. The number of ketones is 1. The second kappa shape index (κ2) is 3.81. The first-order valence-corrected chi connectivity index (χ1v) is 4.44. The Kier molecular flexibility index (Phi) is 3.66. The van der Waals surface area contributed by atoms with Gasteiger partial charge in [0.2, 0.25) is 0 Å². The number of rotatable bonds is 4. The summed E-state index contributed by atoms with van der Waals surface area (Å²) in [7, 11) is -0.959. The van der Waals surface area contributed by atoms with E-state index in [1.54, 1.807) is 0 Å². The molecule has 0 amide bonds. The summed E-state index contributed by atoms with van der Waals surface area (Å²) >= 11 is 0. The van der Waals surface area contributed by atoms with Crippen LogP contribution in [0, 0.1) is 0 Å². The maximum absolute atomic E-state index is 11.3. The zero-order valence-corrected chi connectivity index (χ0v) is 7.68. The van der Waals surface area contributed by atoms with E-state index in [4.69, 9.17) is 0 Å². The number of allylic oxidation sites excluding steroid dienone is 1. The van der Waals surface area contributed by atoms with Gasteiger partial charge >= 0.3 is 7.60 Å². The molecule has 11 heavy (non-hydrogen) atoms. The molecule has 5 heteroatoms. The number of Topliss-reactive ketones (excluding diaryl/α,β-unsaturated/α-hetero) is 1. The quantitative estimate of drug-likeness (QED) is 0.484. The third kappa shape index (κ3) is 2.26. The molecule has 0 aliphatic heterocycles. The van der Waals surface area contributed by atoms with Gasteiger partial charge in [0.1, 0.15) is 0 Å². The van der Waals surface area contributed by atoms with Gasteiger partial charge in [-0.05, 0) is 6.92 Å². The van der Waals surface area contributed by atoms with Crippen molar-refractivity contribution in [3.63, 3.8) is 0 Å². The Morgan fingerprint density at radius 1 is 1.36 bits per heavy atom. The van der Waals surface area contributed by atoms with E-state index in [1.165, 1.54) is 21.1 Å². The van der Waals surface area contributed by atoms with E-state index in [1.807, 2.05) is 0 Å². The van der Waals surface area contributed by atoms with Gasteiger partial charge in [-0.3, -0.25) is 9.36 Å². The van der Waals surface area contributed by atoms with Crippen molar-refractivity contribution in [2.75, 3.05) is 14.2 Å². The van der Waals surface area contributed by atoms with E-state index >= 15 is 0 Å². The van der Waals surface area contributed by atoms with Crippen LogP contribution in [0.25, 0.3) is 0 Å². The minimum Gasteiger partial charge on any atom is -0.308 e. The van der Waals surface area contributed by atoms with Crippen LogP contribution in [-0.2, 0) is 18.4 Å². The standard InChI is InChI=1S/C6H11O4P/c1-5(7)6(2)11(8,9-3)10-4/h2H2,1,3-4H3. The molecule has 0 aliphatic carbocycles. The predicted molar refractivity (Wildman–Crippen MR) is 41.4 cm³/mol. The van der Waals surface area contributed by atoms with E-state index < -0.39 is 13.4 Å². The molecular formula is C6H11O4P. The van der Waals surface area contributed by atoms with Crippen LogP contribution in [0.5, 0.6) is 0 Å². The number of hydrogen-bond donors (Lipinski definition) is 0. The fourth-order valence-corrected chi connectivity index (χ4v) is 1.46. The first-order chi connectivity index (χ1) is 4.98. The summed E-state index contributed by atoms with van der Waals surface area (Å²) in [6, 6.07) is 0. The molecule has 0 aromatic carbocycles. The normalized spacial score (nSPS) is 11.2. The number of carbonyl (C=O) groups is 1. The van der Waals surface area contributed by atoms with Crippen LogP contribution in [0.1, 0.15) is 6.92 Å². The van der Waals surface area contributed by atoms with Crippen molar-refractivity contribution in [2.24, 2.45) is 0 Å². The highest BCUT2D eigenvalue weighted by atomic mass is 31.2. The second-order valence-corrected chi connectivity index (χ2v) is 4.13. The molecule has 0 atom stereocenters. The predicted octanol–water partition coefficient (Wildman–Crippen LogP) is 1.57. The molecule has 4 nitrogen and oxygen atoms in total. The Morgan fingerprint density at radius 3 is 1.82 bits per heavy atom. The van der Waals surface area contributed by atoms with E-state index in [9.17, 15) is 9.36 Å². The second-order valence-electron chi connectivity index (χ2n) is 1.87. The van der Waals surface area contributed by atoms with Crippen LogP contribution in [0.3, 0.4) is 0 Å². The molecular weight excluding hydrogens is 167 g/mol. The fraction of sp³-hybridized carbons (Fsp3) is 0.500. The molecule has 0 rings (SSSR count). The van der Waals surface area contributed by atoms with Gasteiger partial charge in [-0.2, -0.15) is 0 Å². The largest absolute Gasteiger partial charge is 0.363 e. The number of carbonyl (C=O) groups excluding carboxylic acids is 1. The highest BCUT2D eigenvalue weighted by Gasteiger charge is 2.28. The van der Waals surface area contributed by atoms with Crippen LogP contribution < -0.4 is 0 Å². The molecule has 0 aromatic heterocycles. The summed E-state index contributed by atoms with van der Waals surface area (Å²) < 4.78 is 20.4. The Bertz CT molecular complexity index is 213. The third-order valence-electron chi connectivity index (χ3n) is 1.22. The van der Waals surface area contributed by atoms with Gasteiger partial charge in [-0.15, -0.1) is 0 Å². The summed E-state index contributed by atoms with van der Waals surface area (Å²) in [6.07, 6.45) is 0. The molecule has 0 spiro atoms. The lowest BCUT2D eigenvalue weighted by Gasteiger charge is -2.12. The SMILES string of the molecule is C=C(C(C)=O)P(=O)(OC)OC. The zero-order valence-electron chi connectivity index (χ0n) is 6.79. The van der Waals surface area contributed by atoms with Crippen LogP contribution in [0.2, 0.25) is 0 Å². The third-order valence-corrected chi connectivity index (χ3v) is 3.16. The van der Waals surface area contributed by atoms with Crippen LogP contribution in [0.15, 0.2) is 11.9 Å². The Labute approximate surface area is 65.7 Å². The highest BCUT2D eigenvalue weighted by Crippen LogP contribution is 2.53. The molecule has 0 aliphatic rings. The molecule has 0 saturated heterocycles. The Hall–Kier alpha value is -0.440. The van der Waals surface area contributed by atoms with Crippen LogP contribution in [-0.4, -0.2) is 20.0 Å². The van der Waals surface area contributed by atoms with Gasteiger partial charge in [0.05, 0.1) is 5.31 Å². The molecule has 0 heterocycles. The minimum atomic E-state index is -3.37. The van der Waals surface area contributed by atoms with Gasteiger partial charge < -0.3 is 9.05 Å². The van der Waals surface area contributed by atoms with Crippen LogP contribution >= 0.6 is 7.60 Å². The number of hydrogen-bond acceptors (Lipinski definition) is 4. The lowest BCUT2D eigenvalue weighted by Crippen LogP contribution is -1.99. The van der Waals surface area contributed by atoms with Crippen molar-refractivity contribution in [3.8, 4) is 0 Å². The molecule has 64 valence electrons. The van der Waals surface area contributed by atoms with E-state index in [0.29, 0.717) is 0 Å². The zero-order chi connectivity index (χ0) is 9.07. The average molecular weight is 178 g/mol. The molecule has 0 aromatic rings. The molecule has 0 fully saturated rings. The smallest absolute Gasteiger partial charge is 0.308 e. The van der Waals surface area contributed by atoms with Crippen molar-refractivity contribution in [1.29, 1.82) is 0 Å². The summed E-state index contributed by atoms with van der Waals surface area (Å²) in [5, 5.41) is -0.123. The van der Waals surface area contributed by atoms with Gasteiger partial charge in [-0.25, -0.2) is 0 Å². The van der Waals surface area contributed by atoms with Crippen molar-refractivity contribution < 1.29 is 18.4 Å². The monoisotopic (exact) mass is 178 g/mol. The van der Waals surface area contributed by atoms with Crippen molar-refractivity contribution >= 4 is 13.4 Å². The van der Waals surface area contributed by atoms with Crippen molar-refractivity contribution in [3.05, 3.63) is 11.9 Å².